The highest BCUT2D eigenvalue weighted by Gasteiger charge is 2.37. The molecule has 2 aliphatic rings. The molecule has 2 rings (SSSR count). The molecule has 114 valence electrons. The molecule has 0 radical (unpaired) electrons. The van der Waals surface area contributed by atoms with Crippen molar-refractivity contribution >= 4 is 11.8 Å². The summed E-state index contributed by atoms with van der Waals surface area (Å²) in [6.45, 7) is 2.02. The smallest absolute Gasteiger partial charge is 0.248 e. The van der Waals surface area contributed by atoms with Gasteiger partial charge < -0.3 is 15.0 Å². The summed E-state index contributed by atoms with van der Waals surface area (Å²) in [6, 6.07) is 0. The molecule has 1 aliphatic heterocycles. The lowest BCUT2D eigenvalue weighted by atomic mass is 9.86. The second-order valence-electron chi connectivity index (χ2n) is 5.34. The highest BCUT2D eigenvalue weighted by atomic mass is 19.3. The van der Waals surface area contributed by atoms with Crippen molar-refractivity contribution < 1.29 is 23.1 Å². The number of rotatable bonds is 3. The zero-order valence-electron chi connectivity index (χ0n) is 11.4. The fourth-order valence-corrected chi connectivity index (χ4v) is 2.53. The van der Waals surface area contributed by atoms with E-state index in [1.807, 2.05) is 0 Å². The molecule has 7 heteroatoms. The molecule has 2 amide bonds. The molecule has 0 aromatic carbocycles. The monoisotopic (exact) mass is 290 g/mol. The Bertz CT molecular complexity index is 361. The fraction of sp³-hybridized carbons (Fsp3) is 0.846. The van der Waals surface area contributed by atoms with Gasteiger partial charge in [0.05, 0.1) is 19.8 Å². The van der Waals surface area contributed by atoms with Crippen molar-refractivity contribution in [2.45, 2.75) is 31.6 Å². The van der Waals surface area contributed by atoms with Crippen LogP contribution in [-0.2, 0) is 14.3 Å². The van der Waals surface area contributed by atoms with Gasteiger partial charge in [-0.15, -0.1) is 0 Å². The van der Waals surface area contributed by atoms with E-state index in [-0.39, 0.29) is 44.0 Å². The first-order valence-electron chi connectivity index (χ1n) is 6.99. The molecular formula is C13H20F2N2O3. The molecule has 1 aliphatic carbocycles. The van der Waals surface area contributed by atoms with Crippen LogP contribution in [0.3, 0.4) is 0 Å². The normalized spacial score (nSPS) is 23.4. The van der Waals surface area contributed by atoms with E-state index in [4.69, 9.17) is 4.74 Å². The number of hydrogen-bond acceptors (Lipinski definition) is 3. The van der Waals surface area contributed by atoms with Gasteiger partial charge in [-0.1, -0.05) is 0 Å². The van der Waals surface area contributed by atoms with Crippen LogP contribution in [0.4, 0.5) is 8.78 Å². The van der Waals surface area contributed by atoms with Crippen molar-refractivity contribution in [2.24, 2.45) is 5.92 Å². The lowest BCUT2D eigenvalue weighted by Gasteiger charge is -2.29. The number of hydrogen-bond donors (Lipinski definition) is 1. The molecule has 1 saturated heterocycles. The first-order valence-corrected chi connectivity index (χ1v) is 6.99. The van der Waals surface area contributed by atoms with Crippen LogP contribution in [0, 0.1) is 5.92 Å². The van der Waals surface area contributed by atoms with Crippen LogP contribution >= 0.6 is 0 Å². The lowest BCUT2D eigenvalue weighted by molar-refractivity contribution is -0.138. The van der Waals surface area contributed by atoms with Crippen LogP contribution in [0.5, 0.6) is 0 Å². The Labute approximate surface area is 116 Å². The van der Waals surface area contributed by atoms with Crippen LogP contribution < -0.4 is 5.32 Å². The van der Waals surface area contributed by atoms with E-state index in [1.165, 1.54) is 0 Å². The van der Waals surface area contributed by atoms with Crippen LogP contribution in [0.25, 0.3) is 0 Å². The topological polar surface area (TPSA) is 58.6 Å². The maximum atomic E-state index is 13.0. The molecule has 0 aromatic heterocycles. The first-order chi connectivity index (χ1) is 9.48. The van der Waals surface area contributed by atoms with Crippen molar-refractivity contribution in [2.75, 3.05) is 32.8 Å². The van der Waals surface area contributed by atoms with E-state index in [0.717, 1.165) is 0 Å². The van der Waals surface area contributed by atoms with E-state index in [9.17, 15) is 18.4 Å². The highest BCUT2D eigenvalue weighted by Crippen LogP contribution is 2.36. The molecule has 0 spiro atoms. The molecule has 0 aromatic rings. The third-order valence-corrected chi connectivity index (χ3v) is 3.87. The number of halogens is 2. The Morgan fingerprint density at radius 2 is 1.80 bits per heavy atom. The third kappa shape index (κ3) is 4.13. The number of carbonyl (C=O) groups is 2. The van der Waals surface area contributed by atoms with E-state index < -0.39 is 11.8 Å². The Hall–Kier alpha value is -1.24. The van der Waals surface area contributed by atoms with Crippen LogP contribution in [0.2, 0.25) is 0 Å². The Morgan fingerprint density at radius 1 is 1.20 bits per heavy atom. The molecule has 20 heavy (non-hydrogen) atoms. The van der Waals surface area contributed by atoms with Gasteiger partial charge in [-0.3, -0.25) is 9.59 Å². The minimum absolute atomic E-state index is 0.0638. The molecule has 1 heterocycles. The Balaban J connectivity index is 1.71. The maximum absolute atomic E-state index is 13.0. The summed E-state index contributed by atoms with van der Waals surface area (Å²) in [6.07, 6.45) is -0.125. The number of alkyl halides is 2. The van der Waals surface area contributed by atoms with E-state index >= 15 is 0 Å². The maximum Gasteiger partial charge on any atom is 0.248 e. The number of morpholine rings is 1. The van der Waals surface area contributed by atoms with Gasteiger partial charge >= 0.3 is 0 Å². The average molecular weight is 290 g/mol. The zero-order valence-corrected chi connectivity index (χ0v) is 11.4. The summed E-state index contributed by atoms with van der Waals surface area (Å²) in [5.41, 5.74) is 0. The van der Waals surface area contributed by atoms with Gasteiger partial charge in [0.15, 0.2) is 0 Å². The number of amides is 2. The number of ether oxygens (including phenoxy) is 1. The van der Waals surface area contributed by atoms with E-state index in [2.05, 4.69) is 5.32 Å². The third-order valence-electron chi connectivity index (χ3n) is 3.87. The summed E-state index contributed by atoms with van der Waals surface area (Å²) in [5, 5.41) is 2.56. The summed E-state index contributed by atoms with van der Waals surface area (Å²) in [5.74, 6) is -3.47. The average Bonchev–Trinajstić information content (AvgIpc) is 2.45. The zero-order chi connectivity index (χ0) is 14.6. The van der Waals surface area contributed by atoms with Gasteiger partial charge in [0, 0.05) is 31.8 Å². The van der Waals surface area contributed by atoms with Gasteiger partial charge in [0.2, 0.25) is 17.7 Å². The molecule has 1 saturated carbocycles. The van der Waals surface area contributed by atoms with E-state index in [1.54, 1.807) is 4.90 Å². The fourth-order valence-electron chi connectivity index (χ4n) is 2.53. The summed E-state index contributed by atoms with van der Waals surface area (Å²) < 4.78 is 31.1. The molecule has 1 N–H and O–H groups in total. The lowest BCUT2D eigenvalue weighted by Crippen LogP contribution is -2.47. The summed E-state index contributed by atoms with van der Waals surface area (Å²) in [7, 11) is 0. The van der Waals surface area contributed by atoms with Crippen molar-refractivity contribution in [1.82, 2.24) is 10.2 Å². The van der Waals surface area contributed by atoms with E-state index in [0.29, 0.717) is 26.3 Å². The van der Waals surface area contributed by atoms with Crippen molar-refractivity contribution in [1.29, 1.82) is 0 Å². The van der Waals surface area contributed by atoms with Gasteiger partial charge in [-0.05, 0) is 12.8 Å². The van der Waals surface area contributed by atoms with Crippen LogP contribution in [0.1, 0.15) is 25.7 Å². The SMILES string of the molecule is O=C(NCC(=O)N1CCOCC1)C1CCC(F)(F)CC1. The molecular weight excluding hydrogens is 270 g/mol. The quantitative estimate of drug-likeness (QED) is 0.836. The largest absolute Gasteiger partial charge is 0.378 e. The minimum Gasteiger partial charge on any atom is -0.378 e. The summed E-state index contributed by atoms with van der Waals surface area (Å²) >= 11 is 0. The Morgan fingerprint density at radius 3 is 2.40 bits per heavy atom. The molecule has 0 bridgehead atoms. The predicted octanol–water partition coefficient (Wildman–Crippen LogP) is 0.787. The van der Waals surface area contributed by atoms with Gasteiger partial charge in [-0.2, -0.15) is 0 Å². The number of carbonyl (C=O) groups excluding carboxylic acids is 2. The number of nitrogens with one attached hydrogen (secondary N) is 1. The second-order valence-corrected chi connectivity index (χ2v) is 5.34. The highest BCUT2D eigenvalue weighted by molar-refractivity contribution is 5.85. The van der Waals surface area contributed by atoms with Crippen molar-refractivity contribution in [3.05, 3.63) is 0 Å². The van der Waals surface area contributed by atoms with Gasteiger partial charge in [0.25, 0.3) is 0 Å². The first kappa shape index (κ1) is 15.2. The minimum atomic E-state index is -2.64. The van der Waals surface area contributed by atoms with Crippen LogP contribution in [0.15, 0.2) is 0 Å². The molecule has 0 atom stereocenters. The molecule has 0 unspecified atom stereocenters. The Kier molecular flexibility index (Phi) is 4.91. The van der Waals surface area contributed by atoms with Crippen molar-refractivity contribution in [3.63, 3.8) is 0 Å². The van der Waals surface area contributed by atoms with Crippen LogP contribution in [-0.4, -0.2) is 55.5 Å². The second kappa shape index (κ2) is 6.47. The van der Waals surface area contributed by atoms with Gasteiger partial charge in [0.1, 0.15) is 0 Å². The summed E-state index contributed by atoms with van der Waals surface area (Å²) in [4.78, 5) is 25.3. The number of nitrogens with zero attached hydrogens (tertiary/aromatic N) is 1. The predicted molar refractivity (Wildman–Crippen MR) is 67.3 cm³/mol. The van der Waals surface area contributed by atoms with Gasteiger partial charge in [-0.25, -0.2) is 8.78 Å². The molecule has 2 fully saturated rings. The van der Waals surface area contributed by atoms with Crippen molar-refractivity contribution in [3.8, 4) is 0 Å². The molecule has 5 nitrogen and oxygen atoms in total. The standard InChI is InChI=1S/C13H20F2N2O3/c14-13(15)3-1-10(2-4-13)12(19)16-9-11(18)17-5-7-20-8-6-17/h10H,1-9H2,(H,16,19).